The Bertz CT molecular complexity index is 438. The summed E-state index contributed by atoms with van der Waals surface area (Å²) in [6.45, 7) is 5.32. The fraction of sp³-hybridized carbons (Fsp3) is 0.500. The predicted octanol–water partition coefficient (Wildman–Crippen LogP) is 3.25. The van der Waals surface area contributed by atoms with Gasteiger partial charge in [0.2, 0.25) is 0 Å². The van der Waals surface area contributed by atoms with Crippen LogP contribution in [0, 0.1) is 0 Å². The van der Waals surface area contributed by atoms with Gasteiger partial charge in [-0.05, 0) is 31.5 Å². The van der Waals surface area contributed by atoms with Crippen LogP contribution in [-0.4, -0.2) is 16.7 Å². The third kappa shape index (κ3) is 2.92. The van der Waals surface area contributed by atoms with Crippen LogP contribution in [0.3, 0.4) is 0 Å². The van der Waals surface area contributed by atoms with Crippen LogP contribution in [-0.2, 0) is 0 Å². The lowest BCUT2D eigenvalue weighted by Gasteiger charge is -2.12. The highest BCUT2D eigenvalue weighted by atomic mass is 32.1. The normalized spacial score (nSPS) is 12.8. The van der Waals surface area contributed by atoms with E-state index in [-0.39, 0.29) is 0 Å². The molecule has 0 fully saturated rings. The molecule has 0 aliphatic heterocycles. The van der Waals surface area contributed by atoms with E-state index in [9.17, 15) is 0 Å². The largest absolute Gasteiger partial charge is 0.462 e. The Morgan fingerprint density at radius 3 is 2.94 bits per heavy atom. The molecule has 2 aromatic rings. The van der Waals surface area contributed by atoms with Crippen molar-refractivity contribution in [3.8, 4) is 10.8 Å². The summed E-state index contributed by atoms with van der Waals surface area (Å²) < 4.78 is 5.31. The van der Waals surface area contributed by atoms with Gasteiger partial charge in [0.15, 0.2) is 10.8 Å². The summed E-state index contributed by atoms with van der Waals surface area (Å²) in [5, 5.41) is 13.8. The third-order valence-electron chi connectivity index (χ3n) is 2.52. The molecule has 92 valence electrons. The van der Waals surface area contributed by atoms with E-state index in [1.807, 2.05) is 12.1 Å². The lowest BCUT2D eigenvalue weighted by Crippen LogP contribution is -2.21. The summed E-state index contributed by atoms with van der Waals surface area (Å²) >= 11 is 1.60. The molecule has 4 nitrogen and oxygen atoms in total. The van der Waals surface area contributed by atoms with Crippen LogP contribution < -0.4 is 5.32 Å². The molecule has 2 heterocycles. The number of nitrogens with one attached hydrogen (secondary N) is 1. The van der Waals surface area contributed by atoms with Crippen LogP contribution in [0.5, 0.6) is 0 Å². The van der Waals surface area contributed by atoms with Crippen LogP contribution in [0.25, 0.3) is 10.8 Å². The predicted molar refractivity (Wildman–Crippen MR) is 68.9 cm³/mol. The van der Waals surface area contributed by atoms with Gasteiger partial charge < -0.3 is 9.73 Å². The summed E-state index contributed by atoms with van der Waals surface area (Å²) in [6.07, 6.45) is 3.80. The van der Waals surface area contributed by atoms with E-state index in [1.165, 1.54) is 0 Å². The number of hydrogen-bond acceptors (Lipinski definition) is 5. The zero-order valence-electron chi connectivity index (χ0n) is 10.1. The molecule has 1 unspecified atom stereocenters. The number of aromatic nitrogens is 2. The molecule has 17 heavy (non-hydrogen) atoms. The molecule has 0 aromatic carbocycles. The van der Waals surface area contributed by atoms with E-state index in [2.05, 4.69) is 29.4 Å². The maximum atomic E-state index is 5.31. The van der Waals surface area contributed by atoms with Crippen molar-refractivity contribution in [3.63, 3.8) is 0 Å². The maximum absolute atomic E-state index is 5.31. The Balaban J connectivity index is 2.11. The van der Waals surface area contributed by atoms with E-state index < -0.39 is 0 Å². The van der Waals surface area contributed by atoms with Gasteiger partial charge in [-0.15, -0.1) is 10.2 Å². The number of rotatable bonds is 6. The molecule has 0 saturated heterocycles. The van der Waals surface area contributed by atoms with Gasteiger partial charge in [0.1, 0.15) is 5.01 Å². The zero-order valence-corrected chi connectivity index (χ0v) is 11.0. The van der Waals surface area contributed by atoms with Gasteiger partial charge in [0, 0.05) is 0 Å². The second-order valence-electron chi connectivity index (χ2n) is 3.84. The standard InChI is InChI=1S/C12H17N3OS/c1-3-7-13-9(4-2)11-14-15-12(17-11)10-6-5-8-16-10/h5-6,8-9,13H,3-4,7H2,1-2H3. The molecule has 2 rings (SSSR count). The first-order chi connectivity index (χ1) is 8.35. The average Bonchev–Trinajstić information content (AvgIpc) is 3.00. The molecule has 0 bridgehead atoms. The molecule has 1 N–H and O–H groups in total. The van der Waals surface area contributed by atoms with Crippen molar-refractivity contribution < 1.29 is 4.42 Å². The Labute approximate surface area is 105 Å². The smallest absolute Gasteiger partial charge is 0.183 e. The number of hydrogen-bond donors (Lipinski definition) is 1. The SMILES string of the molecule is CCCNC(CC)c1nnc(-c2ccco2)s1. The molecule has 1 atom stereocenters. The molecule has 0 aliphatic carbocycles. The number of furan rings is 1. The van der Waals surface area contributed by atoms with Gasteiger partial charge in [-0.1, -0.05) is 25.2 Å². The second-order valence-corrected chi connectivity index (χ2v) is 4.85. The molecule has 0 aliphatic rings. The van der Waals surface area contributed by atoms with Crippen molar-refractivity contribution in [1.82, 2.24) is 15.5 Å². The molecule has 0 amide bonds. The van der Waals surface area contributed by atoms with Crippen molar-refractivity contribution >= 4 is 11.3 Å². The first kappa shape index (κ1) is 12.3. The van der Waals surface area contributed by atoms with Crippen molar-refractivity contribution in [2.24, 2.45) is 0 Å². The lowest BCUT2D eigenvalue weighted by atomic mass is 10.2. The lowest BCUT2D eigenvalue weighted by molar-refractivity contribution is 0.513. The van der Waals surface area contributed by atoms with Crippen LogP contribution in [0.1, 0.15) is 37.7 Å². The Morgan fingerprint density at radius 2 is 2.29 bits per heavy atom. The van der Waals surface area contributed by atoms with E-state index in [0.717, 1.165) is 35.2 Å². The van der Waals surface area contributed by atoms with Crippen molar-refractivity contribution in [2.75, 3.05) is 6.54 Å². The van der Waals surface area contributed by atoms with Crippen LogP contribution >= 0.6 is 11.3 Å². The van der Waals surface area contributed by atoms with Crippen LogP contribution in [0.2, 0.25) is 0 Å². The molecular formula is C12H17N3OS. The highest BCUT2D eigenvalue weighted by Crippen LogP contribution is 2.28. The van der Waals surface area contributed by atoms with Gasteiger partial charge in [-0.2, -0.15) is 0 Å². The fourth-order valence-electron chi connectivity index (χ4n) is 1.60. The first-order valence-corrected chi connectivity index (χ1v) is 6.77. The van der Waals surface area contributed by atoms with E-state index in [0.29, 0.717) is 6.04 Å². The molecule has 0 spiro atoms. The van der Waals surface area contributed by atoms with Gasteiger partial charge in [-0.25, -0.2) is 0 Å². The molecule has 0 radical (unpaired) electrons. The molecular weight excluding hydrogens is 234 g/mol. The first-order valence-electron chi connectivity index (χ1n) is 5.95. The maximum Gasteiger partial charge on any atom is 0.183 e. The van der Waals surface area contributed by atoms with E-state index in [4.69, 9.17) is 4.42 Å². The average molecular weight is 251 g/mol. The summed E-state index contributed by atoms with van der Waals surface area (Å²) in [5.41, 5.74) is 0. The molecule has 5 heteroatoms. The van der Waals surface area contributed by atoms with Gasteiger partial charge in [0.25, 0.3) is 0 Å². The monoisotopic (exact) mass is 251 g/mol. The quantitative estimate of drug-likeness (QED) is 0.856. The third-order valence-corrected chi connectivity index (χ3v) is 3.57. The van der Waals surface area contributed by atoms with Gasteiger partial charge in [-0.3, -0.25) is 0 Å². The van der Waals surface area contributed by atoms with Crippen molar-refractivity contribution in [3.05, 3.63) is 23.4 Å². The minimum atomic E-state index is 0.302. The Hall–Kier alpha value is -1.20. The topological polar surface area (TPSA) is 51.0 Å². The van der Waals surface area contributed by atoms with Crippen LogP contribution in [0.15, 0.2) is 22.8 Å². The van der Waals surface area contributed by atoms with E-state index in [1.54, 1.807) is 17.6 Å². The molecule has 0 saturated carbocycles. The number of nitrogens with zero attached hydrogens (tertiary/aromatic N) is 2. The highest BCUT2D eigenvalue weighted by molar-refractivity contribution is 7.14. The molecule has 2 aromatic heterocycles. The van der Waals surface area contributed by atoms with Crippen LogP contribution in [0.4, 0.5) is 0 Å². The van der Waals surface area contributed by atoms with Gasteiger partial charge >= 0.3 is 0 Å². The zero-order chi connectivity index (χ0) is 12.1. The highest BCUT2D eigenvalue weighted by Gasteiger charge is 2.15. The minimum absolute atomic E-state index is 0.302. The summed E-state index contributed by atoms with van der Waals surface area (Å²) in [4.78, 5) is 0. The van der Waals surface area contributed by atoms with Crippen molar-refractivity contribution in [1.29, 1.82) is 0 Å². The minimum Gasteiger partial charge on any atom is -0.462 e. The summed E-state index contributed by atoms with van der Waals surface area (Å²) in [5.74, 6) is 0.791. The van der Waals surface area contributed by atoms with E-state index >= 15 is 0 Å². The summed E-state index contributed by atoms with van der Waals surface area (Å²) in [7, 11) is 0. The second kappa shape index (κ2) is 5.93. The summed E-state index contributed by atoms with van der Waals surface area (Å²) in [6, 6.07) is 4.07. The Kier molecular flexibility index (Phi) is 4.28. The van der Waals surface area contributed by atoms with Crippen molar-refractivity contribution in [2.45, 2.75) is 32.7 Å². The van der Waals surface area contributed by atoms with Gasteiger partial charge in [0.05, 0.1) is 12.3 Å². The Morgan fingerprint density at radius 1 is 1.41 bits per heavy atom. The fourth-order valence-corrected chi connectivity index (χ4v) is 2.57.